The molecule has 4 N–H and O–H groups in total. The Bertz CT molecular complexity index is 264. The molecule has 0 spiro atoms. The third-order valence-corrected chi connectivity index (χ3v) is 4.30. The quantitative estimate of drug-likeness (QED) is 0.629. The van der Waals surface area contributed by atoms with E-state index in [1.54, 1.807) is 0 Å². The second kappa shape index (κ2) is 4.72. The van der Waals surface area contributed by atoms with E-state index in [4.69, 9.17) is 5.73 Å². The van der Waals surface area contributed by atoms with Gasteiger partial charge in [-0.1, -0.05) is 6.42 Å². The van der Waals surface area contributed by atoms with Crippen LogP contribution in [0, 0.1) is 17.3 Å². The van der Waals surface area contributed by atoms with Gasteiger partial charge in [-0.3, -0.25) is 4.79 Å². The topological polar surface area (TPSA) is 75.4 Å². The van der Waals surface area contributed by atoms with Gasteiger partial charge in [-0.25, -0.2) is 0 Å². The van der Waals surface area contributed by atoms with Gasteiger partial charge in [-0.2, -0.15) is 0 Å². The van der Waals surface area contributed by atoms with Crippen LogP contribution >= 0.6 is 0 Å². The molecule has 0 aromatic heterocycles. The fraction of sp³-hybridized carbons (Fsp3) is 0.917. The molecule has 0 aromatic carbocycles. The highest BCUT2D eigenvalue weighted by molar-refractivity contribution is 5.85. The molecule has 2 aliphatic rings. The van der Waals surface area contributed by atoms with E-state index in [1.807, 2.05) is 0 Å². The van der Waals surface area contributed by atoms with Gasteiger partial charge in [0.2, 0.25) is 5.91 Å². The maximum Gasteiger partial charge on any atom is 0.227 e. The van der Waals surface area contributed by atoms with Crippen LogP contribution in [0.4, 0.5) is 0 Å². The molecule has 2 rings (SSSR count). The second-order valence-corrected chi connectivity index (χ2v) is 5.33. The molecule has 0 bridgehead atoms. The molecule has 0 heterocycles. The zero-order chi connectivity index (χ0) is 11.6. The second-order valence-electron chi connectivity index (χ2n) is 5.33. The molecule has 4 nitrogen and oxygen atoms in total. The van der Waals surface area contributed by atoms with Gasteiger partial charge in [0, 0.05) is 19.7 Å². The fourth-order valence-corrected chi connectivity index (χ4v) is 2.71. The van der Waals surface area contributed by atoms with E-state index in [0.29, 0.717) is 24.9 Å². The Morgan fingerprint density at radius 2 is 2.06 bits per heavy atom. The number of hydrogen-bond acceptors (Lipinski definition) is 3. The highest BCUT2D eigenvalue weighted by Crippen LogP contribution is 2.44. The number of carbonyl (C=O) groups is 1. The molecule has 2 unspecified atom stereocenters. The van der Waals surface area contributed by atoms with Crippen molar-refractivity contribution in [1.29, 1.82) is 0 Å². The highest BCUT2D eigenvalue weighted by Gasteiger charge is 2.48. The summed E-state index contributed by atoms with van der Waals surface area (Å²) >= 11 is 0. The van der Waals surface area contributed by atoms with Crippen molar-refractivity contribution < 1.29 is 9.90 Å². The van der Waals surface area contributed by atoms with E-state index >= 15 is 0 Å². The summed E-state index contributed by atoms with van der Waals surface area (Å²) in [4.78, 5) is 11.9. The van der Waals surface area contributed by atoms with Crippen LogP contribution in [-0.2, 0) is 4.79 Å². The highest BCUT2D eigenvalue weighted by atomic mass is 16.3. The molecule has 4 heteroatoms. The molecule has 1 amide bonds. The average Bonchev–Trinajstić information content (AvgIpc) is 2.98. The van der Waals surface area contributed by atoms with Crippen LogP contribution in [0.1, 0.15) is 32.1 Å². The molecule has 92 valence electrons. The van der Waals surface area contributed by atoms with E-state index in [0.717, 1.165) is 25.7 Å². The van der Waals surface area contributed by atoms with Gasteiger partial charge in [0.15, 0.2) is 0 Å². The summed E-state index contributed by atoms with van der Waals surface area (Å²) in [5.74, 6) is 0.967. The summed E-state index contributed by atoms with van der Waals surface area (Å²) in [7, 11) is 0. The molecule has 0 saturated heterocycles. The minimum absolute atomic E-state index is 0.124. The Hall–Kier alpha value is -0.610. The summed E-state index contributed by atoms with van der Waals surface area (Å²) in [6.45, 7) is 1.43. The van der Waals surface area contributed by atoms with E-state index in [1.165, 1.54) is 6.42 Å². The predicted octanol–water partition coefficient (Wildman–Crippen LogP) is 0.250. The van der Waals surface area contributed by atoms with Crippen LogP contribution in [0.5, 0.6) is 0 Å². The van der Waals surface area contributed by atoms with Gasteiger partial charge in [-0.05, 0) is 37.5 Å². The Labute approximate surface area is 96.6 Å². The maximum atomic E-state index is 11.9. The number of rotatable bonds is 5. The van der Waals surface area contributed by atoms with Gasteiger partial charge in [0.05, 0.1) is 5.41 Å². The number of amides is 1. The Kier molecular flexibility index (Phi) is 3.50. The Balaban J connectivity index is 1.77. The van der Waals surface area contributed by atoms with Gasteiger partial charge in [-0.15, -0.1) is 0 Å². The number of hydrogen-bond donors (Lipinski definition) is 3. The van der Waals surface area contributed by atoms with Crippen LogP contribution < -0.4 is 11.1 Å². The van der Waals surface area contributed by atoms with Crippen molar-refractivity contribution >= 4 is 5.91 Å². The van der Waals surface area contributed by atoms with Crippen molar-refractivity contribution in [2.45, 2.75) is 32.1 Å². The van der Waals surface area contributed by atoms with E-state index in [-0.39, 0.29) is 17.9 Å². The third-order valence-electron chi connectivity index (χ3n) is 4.30. The summed E-state index contributed by atoms with van der Waals surface area (Å²) in [5, 5.41) is 12.2. The first-order valence-electron chi connectivity index (χ1n) is 6.31. The third kappa shape index (κ3) is 2.23. The lowest BCUT2D eigenvalue weighted by Crippen LogP contribution is -2.39. The molecule has 2 aliphatic carbocycles. The lowest BCUT2D eigenvalue weighted by atomic mass is 9.96. The van der Waals surface area contributed by atoms with E-state index in [2.05, 4.69) is 5.32 Å². The molecule has 0 aliphatic heterocycles. The summed E-state index contributed by atoms with van der Waals surface area (Å²) in [6.07, 6.45) is 5.26. The lowest BCUT2D eigenvalue weighted by molar-refractivity contribution is -0.126. The summed E-state index contributed by atoms with van der Waals surface area (Å²) < 4.78 is 0. The Morgan fingerprint density at radius 1 is 1.38 bits per heavy atom. The average molecular weight is 226 g/mol. The van der Waals surface area contributed by atoms with Gasteiger partial charge in [0.25, 0.3) is 0 Å². The molecular formula is C12H22N2O2. The van der Waals surface area contributed by atoms with Gasteiger partial charge >= 0.3 is 0 Å². The van der Waals surface area contributed by atoms with Crippen LogP contribution in [0.25, 0.3) is 0 Å². The first kappa shape index (κ1) is 11.9. The van der Waals surface area contributed by atoms with Crippen molar-refractivity contribution in [2.75, 3.05) is 19.7 Å². The fourth-order valence-electron chi connectivity index (χ4n) is 2.71. The van der Waals surface area contributed by atoms with E-state index in [9.17, 15) is 9.90 Å². The standard InChI is InChI=1S/C12H22N2O2/c13-8-12(4-5-12)11(16)14-6-9-2-1-3-10(9)7-15/h9-10,15H,1-8,13H2,(H,14,16). The summed E-state index contributed by atoms with van der Waals surface area (Å²) in [5.41, 5.74) is 5.36. The van der Waals surface area contributed by atoms with E-state index < -0.39 is 0 Å². The molecule has 2 atom stereocenters. The maximum absolute atomic E-state index is 11.9. The van der Waals surface area contributed by atoms with Crippen LogP contribution in [-0.4, -0.2) is 30.7 Å². The minimum Gasteiger partial charge on any atom is -0.396 e. The van der Waals surface area contributed by atoms with Crippen LogP contribution in [0.15, 0.2) is 0 Å². The lowest BCUT2D eigenvalue weighted by Gasteiger charge is -2.20. The number of nitrogens with two attached hydrogens (primary N) is 1. The van der Waals surface area contributed by atoms with Crippen LogP contribution in [0.2, 0.25) is 0 Å². The molecule has 2 saturated carbocycles. The molecule has 0 aromatic rings. The van der Waals surface area contributed by atoms with Crippen molar-refractivity contribution in [3.05, 3.63) is 0 Å². The Morgan fingerprint density at radius 3 is 2.62 bits per heavy atom. The normalized spacial score (nSPS) is 31.4. The SMILES string of the molecule is NCC1(C(=O)NCC2CCCC2CO)CC1. The number of aliphatic hydroxyl groups excluding tert-OH is 1. The van der Waals surface area contributed by atoms with Crippen molar-refractivity contribution in [3.8, 4) is 0 Å². The molecule has 16 heavy (non-hydrogen) atoms. The van der Waals surface area contributed by atoms with Crippen molar-refractivity contribution in [3.63, 3.8) is 0 Å². The van der Waals surface area contributed by atoms with Gasteiger partial charge in [0.1, 0.15) is 0 Å². The number of aliphatic hydroxyl groups is 1. The number of nitrogens with one attached hydrogen (secondary N) is 1. The molecule has 0 radical (unpaired) electrons. The first-order valence-corrected chi connectivity index (χ1v) is 6.31. The minimum atomic E-state index is -0.243. The predicted molar refractivity (Wildman–Crippen MR) is 61.6 cm³/mol. The summed E-state index contributed by atoms with van der Waals surface area (Å²) in [6, 6.07) is 0. The molecule has 2 fully saturated rings. The monoisotopic (exact) mass is 226 g/mol. The first-order chi connectivity index (χ1) is 7.72. The zero-order valence-electron chi connectivity index (χ0n) is 9.74. The molecular weight excluding hydrogens is 204 g/mol. The largest absolute Gasteiger partial charge is 0.396 e. The van der Waals surface area contributed by atoms with Crippen LogP contribution in [0.3, 0.4) is 0 Å². The zero-order valence-corrected chi connectivity index (χ0v) is 9.74. The van der Waals surface area contributed by atoms with Crippen molar-refractivity contribution in [1.82, 2.24) is 5.32 Å². The van der Waals surface area contributed by atoms with Gasteiger partial charge < -0.3 is 16.2 Å². The number of carbonyl (C=O) groups excluding carboxylic acids is 1. The smallest absolute Gasteiger partial charge is 0.227 e. The van der Waals surface area contributed by atoms with Crippen molar-refractivity contribution in [2.24, 2.45) is 23.0 Å².